The third-order valence-corrected chi connectivity index (χ3v) is 10.8. The van der Waals surface area contributed by atoms with Gasteiger partial charge in [0, 0.05) is 22.8 Å². The molecule has 0 aliphatic heterocycles. The Kier molecular flexibility index (Phi) is 8.10. The van der Waals surface area contributed by atoms with Gasteiger partial charge in [-0.05, 0) is 24.3 Å². The largest absolute Gasteiger partial charge is 0.378 e. The van der Waals surface area contributed by atoms with Crippen molar-refractivity contribution in [3.63, 3.8) is 0 Å². The maximum Gasteiger partial charge on any atom is 0.178 e. The van der Waals surface area contributed by atoms with Crippen LogP contribution in [-0.4, -0.2) is 21.3 Å². The molecule has 2 nitrogen and oxygen atoms in total. The van der Waals surface area contributed by atoms with Gasteiger partial charge in [-0.2, -0.15) is 0 Å². The first-order valence-corrected chi connectivity index (χ1v) is 16.2. The fourth-order valence-corrected chi connectivity index (χ4v) is 8.97. The molecule has 0 unspecified atom stereocenters. The maximum absolute atomic E-state index is 15.2. The standard InChI is InChI=1S/C28H31O2PSi/c1-5-30-23-28(32(2,3)4)27(22-21-24-15-9-6-10-16-24)31(29,25-17-11-7-12-18-25)26-19-13-8-14-20-26/h6-20H,5,23H2,1-4H3/b28-27+. The van der Waals surface area contributed by atoms with E-state index in [0.29, 0.717) is 13.2 Å². The third-order valence-electron chi connectivity index (χ3n) is 5.30. The van der Waals surface area contributed by atoms with Crippen molar-refractivity contribution in [3.05, 3.63) is 107 Å². The van der Waals surface area contributed by atoms with E-state index in [0.717, 1.165) is 26.7 Å². The summed E-state index contributed by atoms with van der Waals surface area (Å²) in [7, 11) is -5.12. The molecule has 32 heavy (non-hydrogen) atoms. The Hall–Kier alpha value is -2.63. The number of hydrogen-bond acceptors (Lipinski definition) is 2. The lowest BCUT2D eigenvalue weighted by molar-refractivity contribution is 0.174. The predicted molar refractivity (Wildman–Crippen MR) is 140 cm³/mol. The molecular formula is C28H31O2PSi. The van der Waals surface area contributed by atoms with Gasteiger partial charge in [0.1, 0.15) is 0 Å². The molecule has 0 bridgehead atoms. The monoisotopic (exact) mass is 458 g/mol. The summed E-state index contributed by atoms with van der Waals surface area (Å²) < 4.78 is 21.1. The Morgan fingerprint density at radius 1 is 0.812 bits per heavy atom. The molecule has 0 heterocycles. The molecule has 0 aliphatic rings. The van der Waals surface area contributed by atoms with Crippen molar-refractivity contribution >= 4 is 25.8 Å². The lowest BCUT2D eigenvalue weighted by Crippen LogP contribution is -2.31. The zero-order valence-corrected chi connectivity index (χ0v) is 21.2. The minimum atomic E-state index is -3.20. The Morgan fingerprint density at radius 2 is 1.28 bits per heavy atom. The van der Waals surface area contributed by atoms with Gasteiger partial charge in [0.15, 0.2) is 7.14 Å². The number of rotatable bonds is 7. The van der Waals surface area contributed by atoms with Crippen molar-refractivity contribution < 1.29 is 9.30 Å². The normalized spacial score (nSPS) is 12.5. The van der Waals surface area contributed by atoms with Crippen molar-refractivity contribution in [2.45, 2.75) is 26.6 Å². The first kappa shape index (κ1) is 24.0. The smallest absolute Gasteiger partial charge is 0.178 e. The summed E-state index contributed by atoms with van der Waals surface area (Å²) in [6, 6.07) is 29.4. The van der Waals surface area contributed by atoms with Gasteiger partial charge in [-0.1, -0.05) is 110 Å². The molecule has 0 N–H and O–H groups in total. The Morgan fingerprint density at radius 3 is 1.72 bits per heavy atom. The molecule has 0 aromatic heterocycles. The summed E-state index contributed by atoms with van der Waals surface area (Å²) in [5.41, 5.74) is 0.906. The van der Waals surface area contributed by atoms with Gasteiger partial charge in [0.2, 0.25) is 0 Å². The molecule has 3 aromatic carbocycles. The van der Waals surface area contributed by atoms with E-state index < -0.39 is 15.2 Å². The minimum absolute atomic E-state index is 0.453. The molecule has 3 rings (SSSR count). The third kappa shape index (κ3) is 5.58. The molecule has 0 aliphatic carbocycles. The van der Waals surface area contributed by atoms with Crippen LogP contribution in [0.2, 0.25) is 19.6 Å². The van der Waals surface area contributed by atoms with Gasteiger partial charge >= 0.3 is 0 Å². The highest BCUT2D eigenvalue weighted by atomic mass is 31.2. The Balaban J connectivity index is 2.38. The van der Waals surface area contributed by atoms with E-state index in [1.165, 1.54) is 0 Å². The summed E-state index contributed by atoms with van der Waals surface area (Å²) in [4.78, 5) is 0. The van der Waals surface area contributed by atoms with E-state index in [4.69, 9.17) is 4.74 Å². The second-order valence-electron chi connectivity index (χ2n) is 8.61. The van der Waals surface area contributed by atoms with Gasteiger partial charge in [-0.3, -0.25) is 0 Å². The van der Waals surface area contributed by atoms with Gasteiger partial charge in [0.25, 0.3) is 0 Å². The highest BCUT2D eigenvalue weighted by molar-refractivity contribution is 7.82. The van der Waals surface area contributed by atoms with Crippen molar-refractivity contribution in [3.8, 4) is 11.8 Å². The number of allylic oxidation sites excluding steroid dienone is 1. The van der Waals surface area contributed by atoms with Crippen LogP contribution in [0.3, 0.4) is 0 Å². The van der Waals surface area contributed by atoms with Crippen LogP contribution in [0.4, 0.5) is 0 Å². The van der Waals surface area contributed by atoms with Crippen LogP contribution in [0.25, 0.3) is 0 Å². The lowest BCUT2D eigenvalue weighted by Gasteiger charge is -2.28. The topological polar surface area (TPSA) is 26.3 Å². The van der Waals surface area contributed by atoms with E-state index >= 15 is 4.57 Å². The first-order valence-electron chi connectivity index (χ1n) is 11.0. The minimum Gasteiger partial charge on any atom is -0.378 e. The van der Waals surface area contributed by atoms with Crippen molar-refractivity contribution in [1.82, 2.24) is 0 Å². The van der Waals surface area contributed by atoms with Crippen molar-refractivity contribution in [2.75, 3.05) is 13.2 Å². The van der Waals surface area contributed by atoms with E-state index in [2.05, 4.69) is 31.5 Å². The molecule has 0 atom stereocenters. The number of ether oxygens (including phenoxy) is 1. The van der Waals surface area contributed by atoms with Gasteiger partial charge in [0.05, 0.1) is 20.0 Å². The molecule has 0 spiro atoms. The Labute approximate surface area is 193 Å². The van der Waals surface area contributed by atoms with Crippen LogP contribution >= 0.6 is 7.14 Å². The SMILES string of the molecule is CCOC/C(=C(/C#Cc1ccccc1)P(=O)(c1ccccc1)c1ccccc1)[Si](C)(C)C. The summed E-state index contributed by atoms with van der Waals surface area (Å²) in [6.07, 6.45) is 0. The quantitative estimate of drug-likeness (QED) is 0.239. The van der Waals surface area contributed by atoms with Crippen LogP contribution < -0.4 is 10.6 Å². The molecule has 0 saturated heterocycles. The van der Waals surface area contributed by atoms with E-state index in [1.807, 2.05) is 97.9 Å². The van der Waals surface area contributed by atoms with E-state index in [1.54, 1.807) is 0 Å². The zero-order chi connectivity index (χ0) is 23.0. The van der Waals surface area contributed by atoms with Crippen LogP contribution in [0.15, 0.2) is 102 Å². The fraction of sp³-hybridized carbons (Fsp3) is 0.214. The molecule has 0 fully saturated rings. The summed E-state index contributed by atoms with van der Waals surface area (Å²) in [5, 5.41) is 3.44. The lowest BCUT2D eigenvalue weighted by atomic mass is 10.2. The van der Waals surface area contributed by atoms with Crippen molar-refractivity contribution in [1.29, 1.82) is 0 Å². The molecule has 164 valence electrons. The fourth-order valence-electron chi connectivity index (χ4n) is 3.52. The average Bonchev–Trinajstić information content (AvgIpc) is 2.81. The summed E-state index contributed by atoms with van der Waals surface area (Å²) in [5.74, 6) is 6.72. The predicted octanol–water partition coefficient (Wildman–Crippen LogP) is 6.22. The van der Waals surface area contributed by atoms with Gasteiger partial charge in [-0.15, -0.1) is 0 Å². The number of hydrogen-bond donors (Lipinski definition) is 0. The second-order valence-corrected chi connectivity index (χ2v) is 16.4. The van der Waals surface area contributed by atoms with Crippen LogP contribution in [0.5, 0.6) is 0 Å². The molecular weight excluding hydrogens is 427 g/mol. The van der Waals surface area contributed by atoms with E-state index in [-0.39, 0.29) is 0 Å². The van der Waals surface area contributed by atoms with E-state index in [9.17, 15) is 0 Å². The summed E-state index contributed by atoms with van der Waals surface area (Å²) in [6.45, 7) is 9.86. The molecule has 4 heteroatoms. The van der Waals surface area contributed by atoms with Crippen molar-refractivity contribution in [2.24, 2.45) is 0 Å². The molecule has 3 aromatic rings. The first-order chi connectivity index (χ1) is 15.4. The van der Waals surface area contributed by atoms with Gasteiger partial charge < -0.3 is 9.30 Å². The Bertz CT molecular complexity index is 1110. The zero-order valence-electron chi connectivity index (χ0n) is 19.3. The highest BCUT2D eigenvalue weighted by Gasteiger charge is 2.36. The van der Waals surface area contributed by atoms with Crippen LogP contribution in [0.1, 0.15) is 12.5 Å². The summed E-state index contributed by atoms with van der Waals surface area (Å²) >= 11 is 0. The van der Waals surface area contributed by atoms with Crippen LogP contribution in [0, 0.1) is 11.8 Å². The maximum atomic E-state index is 15.2. The van der Waals surface area contributed by atoms with Crippen LogP contribution in [-0.2, 0) is 9.30 Å². The average molecular weight is 459 g/mol. The molecule has 0 saturated carbocycles. The molecule has 0 radical (unpaired) electrons. The van der Waals surface area contributed by atoms with Gasteiger partial charge in [-0.25, -0.2) is 0 Å². The second kappa shape index (κ2) is 10.8. The molecule has 0 amide bonds. The highest BCUT2D eigenvalue weighted by Crippen LogP contribution is 2.53. The number of benzene rings is 3.